The Morgan fingerprint density at radius 2 is 2.00 bits per heavy atom. The van der Waals surface area contributed by atoms with Crippen molar-refractivity contribution in [1.29, 1.82) is 0 Å². The normalized spacial score (nSPS) is 14.8. The van der Waals surface area contributed by atoms with E-state index in [1.807, 2.05) is 42.0 Å². The van der Waals surface area contributed by atoms with Crippen molar-refractivity contribution in [3.8, 4) is 5.69 Å². The Morgan fingerprint density at radius 1 is 1.21 bits per heavy atom. The molecular formula is C22H21ClN4O2. The van der Waals surface area contributed by atoms with Crippen LogP contribution in [0.4, 0.5) is 5.69 Å². The van der Waals surface area contributed by atoms with E-state index in [9.17, 15) is 9.59 Å². The van der Waals surface area contributed by atoms with Gasteiger partial charge in [-0.15, -0.1) is 0 Å². The quantitative estimate of drug-likeness (QED) is 0.689. The molecule has 0 spiro atoms. The third-order valence-electron chi connectivity index (χ3n) is 5.12. The van der Waals surface area contributed by atoms with Crippen LogP contribution < -0.4 is 10.2 Å². The van der Waals surface area contributed by atoms with Crippen LogP contribution in [0.15, 0.2) is 61.2 Å². The van der Waals surface area contributed by atoms with Crippen molar-refractivity contribution in [2.24, 2.45) is 0 Å². The van der Waals surface area contributed by atoms with Crippen LogP contribution in [-0.2, 0) is 4.79 Å². The van der Waals surface area contributed by atoms with Gasteiger partial charge in [0, 0.05) is 36.6 Å². The van der Waals surface area contributed by atoms with Crippen molar-refractivity contribution >= 4 is 29.1 Å². The van der Waals surface area contributed by atoms with Crippen molar-refractivity contribution in [2.75, 3.05) is 11.4 Å². The first-order valence-corrected chi connectivity index (χ1v) is 9.90. The molecule has 3 aromatic rings. The van der Waals surface area contributed by atoms with Crippen molar-refractivity contribution in [3.63, 3.8) is 0 Å². The minimum Gasteiger partial charge on any atom is -0.346 e. The molecule has 1 N–H and O–H groups in total. The van der Waals surface area contributed by atoms with Crippen molar-refractivity contribution in [3.05, 3.63) is 77.3 Å². The molecule has 2 aromatic carbocycles. The predicted molar refractivity (Wildman–Crippen MR) is 112 cm³/mol. The first-order valence-electron chi connectivity index (χ1n) is 9.52. The number of amides is 2. The minimum absolute atomic E-state index is 0.0378. The van der Waals surface area contributed by atoms with E-state index in [1.54, 1.807) is 35.6 Å². The molecule has 0 bridgehead atoms. The van der Waals surface area contributed by atoms with Gasteiger partial charge in [-0.2, -0.15) is 0 Å². The third-order valence-corrected chi connectivity index (χ3v) is 5.44. The van der Waals surface area contributed by atoms with Gasteiger partial charge in [-0.3, -0.25) is 9.59 Å². The summed E-state index contributed by atoms with van der Waals surface area (Å²) in [6.45, 7) is 2.56. The fraction of sp³-hybridized carbons (Fsp3) is 0.227. The number of hydrogen-bond acceptors (Lipinski definition) is 3. The monoisotopic (exact) mass is 408 g/mol. The van der Waals surface area contributed by atoms with E-state index in [-0.39, 0.29) is 17.9 Å². The summed E-state index contributed by atoms with van der Waals surface area (Å²) in [6.07, 6.45) is 6.66. The zero-order valence-corrected chi connectivity index (χ0v) is 16.8. The molecule has 1 aliphatic rings. The lowest BCUT2D eigenvalue weighted by Crippen LogP contribution is -2.28. The molecule has 0 saturated carbocycles. The summed E-state index contributed by atoms with van der Waals surface area (Å²) in [7, 11) is 0. The van der Waals surface area contributed by atoms with Gasteiger partial charge in [0.2, 0.25) is 5.91 Å². The lowest BCUT2D eigenvalue weighted by Gasteiger charge is -2.19. The summed E-state index contributed by atoms with van der Waals surface area (Å²) in [5.74, 6) is -0.170. The van der Waals surface area contributed by atoms with E-state index in [1.165, 1.54) is 0 Å². The summed E-state index contributed by atoms with van der Waals surface area (Å²) < 4.78 is 1.92. The van der Waals surface area contributed by atoms with Gasteiger partial charge >= 0.3 is 0 Å². The highest BCUT2D eigenvalue weighted by molar-refractivity contribution is 6.34. The van der Waals surface area contributed by atoms with Crippen molar-refractivity contribution in [2.45, 2.75) is 25.8 Å². The Morgan fingerprint density at radius 3 is 2.66 bits per heavy atom. The zero-order valence-electron chi connectivity index (χ0n) is 16.0. The molecular weight excluding hydrogens is 388 g/mol. The number of imidazole rings is 1. The van der Waals surface area contributed by atoms with Gasteiger partial charge in [-0.25, -0.2) is 4.98 Å². The maximum Gasteiger partial charge on any atom is 0.251 e. The number of carbonyl (C=O) groups excluding carboxylic acids is 2. The molecule has 6 nitrogen and oxygen atoms in total. The lowest BCUT2D eigenvalue weighted by molar-refractivity contribution is -0.117. The lowest BCUT2D eigenvalue weighted by atomic mass is 10.1. The Balaban J connectivity index is 1.48. The highest BCUT2D eigenvalue weighted by Gasteiger charge is 2.24. The fourth-order valence-electron chi connectivity index (χ4n) is 3.47. The van der Waals surface area contributed by atoms with Crippen LogP contribution in [0.5, 0.6) is 0 Å². The molecule has 0 radical (unpaired) electrons. The number of benzene rings is 2. The highest BCUT2D eigenvalue weighted by atomic mass is 35.5. The summed E-state index contributed by atoms with van der Waals surface area (Å²) in [5.41, 5.74) is 3.07. The van der Waals surface area contributed by atoms with Gasteiger partial charge in [-0.1, -0.05) is 23.7 Å². The summed E-state index contributed by atoms with van der Waals surface area (Å²) >= 11 is 6.27. The molecule has 1 aromatic heterocycles. The standard InChI is InChI=1S/C22H21ClN4O2/c1-15(16-4-7-18(8-5-16)26-12-10-24-14-26)25-22(29)17-6-9-19(23)20(13-17)27-11-2-3-21(27)28/h4-10,12-15H,2-3,11H2,1H3,(H,25,29)/t15-/m0/s1. The minimum atomic E-state index is -0.208. The second-order valence-corrected chi connectivity index (χ2v) is 7.48. The second-order valence-electron chi connectivity index (χ2n) is 7.07. The number of hydrogen-bond donors (Lipinski definition) is 1. The number of nitrogens with one attached hydrogen (secondary N) is 1. The van der Waals surface area contributed by atoms with Crippen LogP contribution in [0.3, 0.4) is 0 Å². The molecule has 7 heteroatoms. The zero-order chi connectivity index (χ0) is 20.4. The van der Waals surface area contributed by atoms with E-state index in [0.29, 0.717) is 29.2 Å². The maximum atomic E-state index is 12.8. The highest BCUT2D eigenvalue weighted by Crippen LogP contribution is 2.30. The molecule has 148 valence electrons. The number of nitrogens with zero attached hydrogens (tertiary/aromatic N) is 3. The number of halogens is 1. The largest absolute Gasteiger partial charge is 0.346 e. The van der Waals surface area contributed by atoms with Gasteiger partial charge in [-0.05, 0) is 49.2 Å². The van der Waals surface area contributed by atoms with E-state index in [0.717, 1.165) is 17.7 Å². The molecule has 1 aliphatic heterocycles. The van der Waals surface area contributed by atoms with Gasteiger partial charge < -0.3 is 14.8 Å². The van der Waals surface area contributed by atoms with Gasteiger partial charge in [0.15, 0.2) is 0 Å². The first kappa shape index (κ1) is 19.2. The molecule has 0 aliphatic carbocycles. The van der Waals surface area contributed by atoms with Gasteiger partial charge in [0.25, 0.3) is 5.91 Å². The van der Waals surface area contributed by atoms with Gasteiger partial charge in [0.05, 0.1) is 23.1 Å². The predicted octanol–water partition coefficient (Wildman–Crippen LogP) is 4.14. The number of carbonyl (C=O) groups is 2. The molecule has 1 saturated heterocycles. The number of rotatable bonds is 5. The summed E-state index contributed by atoms with van der Waals surface area (Å²) in [6, 6.07) is 12.8. The van der Waals surface area contributed by atoms with Crippen LogP contribution in [0.25, 0.3) is 5.69 Å². The maximum absolute atomic E-state index is 12.8. The average molecular weight is 409 g/mol. The van der Waals surface area contributed by atoms with Crippen LogP contribution in [-0.4, -0.2) is 27.9 Å². The Kier molecular flexibility index (Phi) is 5.36. The summed E-state index contributed by atoms with van der Waals surface area (Å²) in [5, 5.41) is 3.48. The second kappa shape index (κ2) is 8.09. The van der Waals surface area contributed by atoms with Gasteiger partial charge in [0.1, 0.15) is 0 Å². The molecule has 0 unspecified atom stereocenters. The molecule has 1 fully saturated rings. The number of aromatic nitrogens is 2. The molecule has 2 heterocycles. The fourth-order valence-corrected chi connectivity index (χ4v) is 3.69. The SMILES string of the molecule is C[C@H](NC(=O)c1ccc(Cl)c(N2CCCC2=O)c1)c1ccc(-n2ccnc2)cc1. The van der Waals surface area contributed by atoms with E-state index in [2.05, 4.69) is 10.3 Å². The van der Waals surface area contributed by atoms with E-state index in [4.69, 9.17) is 11.6 Å². The van der Waals surface area contributed by atoms with E-state index >= 15 is 0 Å². The van der Waals surface area contributed by atoms with Crippen molar-refractivity contribution in [1.82, 2.24) is 14.9 Å². The Labute approximate surface area is 174 Å². The molecule has 29 heavy (non-hydrogen) atoms. The van der Waals surface area contributed by atoms with Crippen LogP contribution in [0, 0.1) is 0 Å². The Bertz CT molecular complexity index is 1030. The number of anilines is 1. The van der Waals surface area contributed by atoms with E-state index < -0.39 is 0 Å². The molecule has 2 amide bonds. The molecule has 4 rings (SSSR count). The van der Waals surface area contributed by atoms with Crippen LogP contribution in [0.2, 0.25) is 5.02 Å². The van der Waals surface area contributed by atoms with Crippen molar-refractivity contribution < 1.29 is 9.59 Å². The smallest absolute Gasteiger partial charge is 0.251 e. The van der Waals surface area contributed by atoms with Crippen LogP contribution in [0.1, 0.15) is 41.7 Å². The average Bonchev–Trinajstić information content (AvgIpc) is 3.40. The topological polar surface area (TPSA) is 67.2 Å². The Hall–Kier alpha value is -3.12. The third kappa shape index (κ3) is 4.03. The summed E-state index contributed by atoms with van der Waals surface area (Å²) in [4.78, 5) is 30.5. The van der Waals surface area contributed by atoms with Crippen LogP contribution >= 0.6 is 11.6 Å². The molecule has 1 atom stereocenters. The first-order chi connectivity index (χ1) is 14.0.